The van der Waals surface area contributed by atoms with Crippen molar-refractivity contribution in [1.29, 1.82) is 0 Å². The third-order valence-corrected chi connectivity index (χ3v) is 4.15. The zero-order chi connectivity index (χ0) is 20.9. The standard InChI is InChI=1S/C22H23ClN2O3/c1-5-14-25(21(28)17-8-6-7-9-18(17)26)19(20(27)24-22(2,3)4)15-10-12-16(23)13-11-15/h1,6-13,19,26H,14H2,2-4H3,(H,24,27). The fourth-order valence-electron chi connectivity index (χ4n) is 2.74. The molecule has 1 unspecified atom stereocenters. The van der Waals surface area contributed by atoms with Gasteiger partial charge in [-0.05, 0) is 50.6 Å². The lowest BCUT2D eigenvalue weighted by Gasteiger charge is -2.32. The Balaban J connectivity index is 2.54. The summed E-state index contributed by atoms with van der Waals surface area (Å²) in [6, 6.07) is 11.8. The van der Waals surface area contributed by atoms with E-state index in [2.05, 4.69) is 11.2 Å². The largest absolute Gasteiger partial charge is 0.507 e. The summed E-state index contributed by atoms with van der Waals surface area (Å²) < 4.78 is 0. The number of hydrogen-bond acceptors (Lipinski definition) is 3. The number of para-hydroxylation sites is 1. The number of rotatable bonds is 5. The fraction of sp³-hybridized carbons (Fsp3) is 0.273. The predicted molar refractivity (Wildman–Crippen MR) is 110 cm³/mol. The highest BCUT2D eigenvalue weighted by atomic mass is 35.5. The number of terminal acetylenes is 1. The van der Waals surface area contributed by atoms with Gasteiger partial charge < -0.3 is 15.3 Å². The van der Waals surface area contributed by atoms with E-state index in [9.17, 15) is 14.7 Å². The monoisotopic (exact) mass is 398 g/mol. The molecule has 0 fully saturated rings. The summed E-state index contributed by atoms with van der Waals surface area (Å²) in [7, 11) is 0. The molecule has 0 spiro atoms. The average molecular weight is 399 g/mol. The van der Waals surface area contributed by atoms with Crippen molar-refractivity contribution < 1.29 is 14.7 Å². The van der Waals surface area contributed by atoms with Crippen LogP contribution in [0, 0.1) is 12.3 Å². The molecule has 0 radical (unpaired) electrons. The first kappa shape index (κ1) is 21.3. The molecule has 0 aliphatic heterocycles. The summed E-state index contributed by atoms with van der Waals surface area (Å²) in [6.07, 6.45) is 5.49. The van der Waals surface area contributed by atoms with Crippen LogP contribution >= 0.6 is 11.6 Å². The predicted octanol–water partition coefficient (Wildman–Crippen LogP) is 3.78. The maximum atomic E-state index is 13.2. The van der Waals surface area contributed by atoms with Crippen LogP contribution in [0.5, 0.6) is 5.75 Å². The lowest BCUT2D eigenvalue weighted by atomic mass is 10.0. The number of halogens is 1. The zero-order valence-corrected chi connectivity index (χ0v) is 16.8. The Bertz CT molecular complexity index is 895. The highest BCUT2D eigenvalue weighted by Gasteiger charge is 2.34. The molecule has 1 atom stereocenters. The molecule has 146 valence electrons. The Morgan fingerprint density at radius 3 is 2.32 bits per heavy atom. The normalized spacial score (nSPS) is 12.0. The number of amides is 2. The van der Waals surface area contributed by atoms with Gasteiger partial charge in [0.15, 0.2) is 0 Å². The van der Waals surface area contributed by atoms with E-state index in [4.69, 9.17) is 18.0 Å². The molecular weight excluding hydrogens is 376 g/mol. The molecule has 2 N–H and O–H groups in total. The van der Waals surface area contributed by atoms with E-state index >= 15 is 0 Å². The first-order valence-corrected chi connectivity index (χ1v) is 9.12. The second kappa shape index (κ2) is 8.81. The average Bonchev–Trinajstić information content (AvgIpc) is 2.61. The van der Waals surface area contributed by atoms with Crippen LogP contribution in [-0.4, -0.2) is 33.9 Å². The SMILES string of the molecule is C#CCN(C(=O)c1ccccc1O)C(C(=O)NC(C)(C)C)c1ccc(Cl)cc1. The van der Waals surface area contributed by atoms with Gasteiger partial charge in [0.25, 0.3) is 5.91 Å². The van der Waals surface area contributed by atoms with Gasteiger partial charge in [-0.3, -0.25) is 9.59 Å². The molecular formula is C22H23ClN2O3. The summed E-state index contributed by atoms with van der Waals surface area (Å²) in [4.78, 5) is 27.5. The lowest BCUT2D eigenvalue weighted by Crippen LogP contribution is -2.49. The van der Waals surface area contributed by atoms with Crippen molar-refractivity contribution in [2.24, 2.45) is 0 Å². The summed E-state index contributed by atoms with van der Waals surface area (Å²) in [6.45, 7) is 5.43. The Hall–Kier alpha value is -2.97. The third kappa shape index (κ3) is 5.28. The van der Waals surface area contributed by atoms with Crippen molar-refractivity contribution >= 4 is 23.4 Å². The molecule has 0 aromatic heterocycles. The van der Waals surface area contributed by atoms with Crippen LogP contribution < -0.4 is 5.32 Å². The number of phenols is 1. The van der Waals surface area contributed by atoms with E-state index in [-0.39, 0.29) is 23.8 Å². The van der Waals surface area contributed by atoms with Crippen LogP contribution in [0.15, 0.2) is 48.5 Å². The van der Waals surface area contributed by atoms with Crippen LogP contribution in [0.2, 0.25) is 5.02 Å². The summed E-state index contributed by atoms with van der Waals surface area (Å²) in [5.74, 6) is 1.33. The molecule has 0 aliphatic rings. The molecule has 2 aromatic rings. The third-order valence-electron chi connectivity index (χ3n) is 3.90. The number of nitrogens with one attached hydrogen (secondary N) is 1. The number of aromatic hydroxyl groups is 1. The Kier molecular flexibility index (Phi) is 6.71. The van der Waals surface area contributed by atoms with Crippen molar-refractivity contribution in [1.82, 2.24) is 10.2 Å². The van der Waals surface area contributed by atoms with Crippen molar-refractivity contribution in [2.45, 2.75) is 32.4 Å². The van der Waals surface area contributed by atoms with E-state index < -0.39 is 17.5 Å². The van der Waals surface area contributed by atoms with E-state index in [1.165, 1.54) is 17.0 Å². The van der Waals surface area contributed by atoms with E-state index in [0.29, 0.717) is 10.6 Å². The van der Waals surface area contributed by atoms with Gasteiger partial charge in [-0.25, -0.2) is 0 Å². The van der Waals surface area contributed by atoms with Crippen LogP contribution in [0.1, 0.15) is 42.7 Å². The van der Waals surface area contributed by atoms with Gasteiger partial charge in [0.05, 0.1) is 12.1 Å². The fourth-order valence-corrected chi connectivity index (χ4v) is 2.87. The van der Waals surface area contributed by atoms with Crippen LogP contribution in [0.25, 0.3) is 0 Å². The van der Waals surface area contributed by atoms with Gasteiger partial charge in [-0.2, -0.15) is 0 Å². The molecule has 28 heavy (non-hydrogen) atoms. The number of carbonyl (C=O) groups is 2. The van der Waals surface area contributed by atoms with Crippen molar-refractivity contribution in [3.8, 4) is 18.1 Å². The van der Waals surface area contributed by atoms with Gasteiger partial charge in [-0.1, -0.05) is 41.8 Å². The highest BCUT2D eigenvalue weighted by molar-refractivity contribution is 6.30. The van der Waals surface area contributed by atoms with E-state index in [1.54, 1.807) is 36.4 Å². The Morgan fingerprint density at radius 1 is 1.18 bits per heavy atom. The number of hydrogen-bond donors (Lipinski definition) is 2. The van der Waals surface area contributed by atoms with Crippen molar-refractivity contribution in [2.75, 3.05) is 6.54 Å². The molecule has 0 aliphatic carbocycles. The number of carbonyl (C=O) groups excluding carboxylic acids is 2. The number of benzene rings is 2. The van der Waals surface area contributed by atoms with E-state index in [1.807, 2.05) is 20.8 Å². The van der Waals surface area contributed by atoms with Crippen LogP contribution in [0.3, 0.4) is 0 Å². The Morgan fingerprint density at radius 2 is 1.79 bits per heavy atom. The maximum absolute atomic E-state index is 13.2. The van der Waals surface area contributed by atoms with Crippen LogP contribution in [0.4, 0.5) is 0 Å². The summed E-state index contributed by atoms with van der Waals surface area (Å²) in [5, 5.41) is 13.5. The van der Waals surface area contributed by atoms with Crippen LogP contribution in [-0.2, 0) is 4.79 Å². The number of phenolic OH excluding ortho intramolecular Hbond substituents is 1. The van der Waals surface area contributed by atoms with Gasteiger partial charge in [0, 0.05) is 10.6 Å². The van der Waals surface area contributed by atoms with Gasteiger partial charge in [-0.15, -0.1) is 6.42 Å². The van der Waals surface area contributed by atoms with Gasteiger partial charge in [0.2, 0.25) is 5.91 Å². The molecule has 0 bridgehead atoms. The first-order chi connectivity index (χ1) is 13.1. The molecule has 5 nitrogen and oxygen atoms in total. The minimum absolute atomic E-state index is 0.0697. The highest BCUT2D eigenvalue weighted by Crippen LogP contribution is 2.27. The quantitative estimate of drug-likeness (QED) is 0.753. The smallest absolute Gasteiger partial charge is 0.259 e. The Labute approximate surface area is 170 Å². The molecule has 6 heteroatoms. The molecule has 2 aromatic carbocycles. The second-order valence-electron chi connectivity index (χ2n) is 7.35. The minimum Gasteiger partial charge on any atom is -0.507 e. The lowest BCUT2D eigenvalue weighted by molar-refractivity contribution is -0.127. The second-order valence-corrected chi connectivity index (χ2v) is 7.78. The summed E-state index contributed by atoms with van der Waals surface area (Å²) in [5.41, 5.74) is 0.118. The van der Waals surface area contributed by atoms with Crippen molar-refractivity contribution in [3.63, 3.8) is 0 Å². The van der Waals surface area contributed by atoms with E-state index in [0.717, 1.165) is 0 Å². The molecule has 0 heterocycles. The first-order valence-electron chi connectivity index (χ1n) is 8.74. The van der Waals surface area contributed by atoms with Crippen molar-refractivity contribution in [3.05, 3.63) is 64.7 Å². The topological polar surface area (TPSA) is 69.6 Å². The molecule has 2 rings (SSSR count). The van der Waals surface area contributed by atoms with Gasteiger partial charge >= 0.3 is 0 Å². The zero-order valence-electron chi connectivity index (χ0n) is 16.1. The molecule has 0 saturated heterocycles. The molecule has 2 amide bonds. The van der Waals surface area contributed by atoms with Gasteiger partial charge in [0.1, 0.15) is 11.8 Å². The minimum atomic E-state index is -0.986. The maximum Gasteiger partial charge on any atom is 0.259 e. The number of nitrogens with zero attached hydrogens (tertiary/aromatic N) is 1. The summed E-state index contributed by atoms with van der Waals surface area (Å²) >= 11 is 5.98. The molecule has 0 saturated carbocycles.